The predicted molar refractivity (Wildman–Crippen MR) is 105 cm³/mol. The molecule has 3 rings (SSSR count). The molecule has 0 unspecified atom stereocenters. The zero-order valence-corrected chi connectivity index (χ0v) is 17.3. The van der Waals surface area contributed by atoms with Crippen molar-refractivity contribution in [3.8, 4) is 0 Å². The standard InChI is InChI=1S/C19H16ClF4N3O2S/c1-10-18(30(2,28)29)27-17(25-10)16(11-6-7-15(21)14(20)8-11)26-13-5-3-4-12(9-13)19(22,23)24/h3-9,16,26H,1-2H3,(H,25,27)/t16-/m0/s1. The van der Waals surface area contributed by atoms with Crippen LogP contribution in [0.5, 0.6) is 0 Å². The van der Waals surface area contributed by atoms with Crippen LogP contribution in [0.2, 0.25) is 5.02 Å². The van der Waals surface area contributed by atoms with Crippen LogP contribution in [0, 0.1) is 12.7 Å². The summed E-state index contributed by atoms with van der Waals surface area (Å²) in [5.41, 5.74) is -0.134. The predicted octanol–water partition coefficient (Wildman–Crippen LogP) is 5.13. The van der Waals surface area contributed by atoms with E-state index in [1.165, 1.54) is 31.2 Å². The monoisotopic (exact) mass is 461 g/mol. The van der Waals surface area contributed by atoms with E-state index in [9.17, 15) is 26.0 Å². The van der Waals surface area contributed by atoms with Crippen molar-refractivity contribution in [1.82, 2.24) is 9.97 Å². The Hall–Kier alpha value is -2.59. The molecule has 160 valence electrons. The lowest BCUT2D eigenvalue weighted by atomic mass is 10.1. The highest BCUT2D eigenvalue weighted by Crippen LogP contribution is 2.33. The Kier molecular flexibility index (Phi) is 5.83. The number of nitrogens with zero attached hydrogens (tertiary/aromatic N) is 1. The second-order valence-corrected chi connectivity index (χ2v) is 8.99. The van der Waals surface area contributed by atoms with Crippen molar-refractivity contribution in [2.45, 2.75) is 24.2 Å². The summed E-state index contributed by atoms with van der Waals surface area (Å²) in [5, 5.41) is 2.50. The van der Waals surface area contributed by atoms with Crippen LogP contribution in [0.1, 0.15) is 28.7 Å². The first kappa shape index (κ1) is 22.1. The number of sulfone groups is 1. The maximum atomic E-state index is 13.6. The lowest BCUT2D eigenvalue weighted by Crippen LogP contribution is -2.15. The Labute approximate surface area is 175 Å². The van der Waals surface area contributed by atoms with E-state index >= 15 is 0 Å². The molecule has 2 N–H and O–H groups in total. The van der Waals surface area contributed by atoms with Crippen molar-refractivity contribution >= 4 is 27.1 Å². The number of hydrogen-bond acceptors (Lipinski definition) is 4. The van der Waals surface area contributed by atoms with Crippen molar-refractivity contribution in [1.29, 1.82) is 0 Å². The zero-order chi connectivity index (χ0) is 22.3. The average Bonchev–Trinajstić information content (AvgIpc) is 3.03. The molecule has 0 bridgehead atoms. The van der Waals surface area contributed by atoms with Gasteiger partial charge in [-0.15, -0.1) is 0 Å². The second kappa shape index (κ2) is 7.92. The molecular formula is C19H16ClF4N3O2S. The van der Waals surface area contributed by atoms with Gasteiger partial charge in [-0.3, -0.25) is 0 Å². The summed E-state index contributed by atoms with van der Waals surface area (Å²) in [4.78, 5) is 6.95. The third-order valence-corrected chi connectivity index (χ3v) is 5.65. The number of anilines is 1. The molecule has 1 heterocycles. The van der Waals surface area contributed by atoms with Gasteiger partial charge in [0, 0.05) is 11.9 Å². The van der Waals surface area contributed by atoms with Crippen LogP contribution in [-0.2, 0) is 16.0 Å². The zero-order valence-electron chi connectivity index (χ0n) is 15.7. The molecule has 0 amide bonds. The number of alkyl halides is 3. The molecule has 30 heavy (non-hydrogen) atoms. The van der Waals surface area contributed by atoms with Gasteiger partial charge in [0.25, 0.3) is 0 Å². The first-order valence-electron chi connectivity index (χ1n) is 8.51. The number of nitrogens with one attached hydrogen (secondary N) is 2. The van der Waals surface area contributed by atoms with Gasteiger partial charge in [0.05, 0.1) is 16.3 Å². The summed E-state index contributed by atoms with van der Waals surface area (Å²) >= 11 is 5.86. The molecule has 1 aromatic heterocycles. The van der Waals surface area contributed by atoms with E-state index in [2.05, 4.69) is 15.3 Å². The number of aryl methyl sites for hydroxylation is 1. The molecule has 5 nitrogen and oxygen atoms in total. The van der Waals surface area contributed by atoms with E-state index < -0.39 is 33.4 Å². The van der Waals surface area contributed by atoms with Crippen molar-refractivity contribution in [3.63, 3.8) is 0 Å². The van der Waals surface area contributed by atoms with Crippen LogP contribution in [0.25, 0.3) is 0 Å². The van der Waals surface area contributed by atoms with Crippen LogP contribution in [0.4, 0.5) is 23.2 Å². The van der Waals surface area contributed by atoms with E-state index in [0.717, 1.165) is 24.5 Å². The molecule has 0 aliphatic rings. The van der Waals surface area contributed by atoms with Crippen LogP contribution >= 0.6 is 11.6 Å². The van der Waals surface area contributed by atoms with Crippen molar-refractivity contribution in [2.24, 2.45) is 0 Å². The topological polar surface area (TPSA) is 74.8 Å². The van der Waals surface area contributed by atoms with Crippen molar-refractivity contribution in [2.75, 3.05) is 11.6 Å². The fourth-order valence-electron chi connectivity index (χ4n) is 2.92. The van der Waals surface area contributed by atoms with Crippen molar-refractivity contribution < 1.29 is 26.0 Å². The minimum absolute atomic E-state index is 0.102. The number of rotatable bonds is 5. The molecule has 3 aromatic rings. The molecule has 0 fully saturated rings. The summed E-state index contributed by atoms with van der Waals surface area (Å²) in [6.07, 6.45) is -3.55. The van der Waals surface area contributed by atoms with E-state index in [1.54, 1.807) is 0 Å². The molecule has 2 aromatic carbocycles. The molecule has 11 heteroatoms. The lowest BCUT2D eigenvalue weighted by molar-refractivity contribution is -0.137. The van der Waals surface area contributed by atoms with Gasteiger partial charge >= 0.3 is 6.18 Å². The number of aromatic amines is 1. The highest BCUT2D eigenvalue weighted by molar-refractivity contribution is 7.90. The maximum Gasteiger partial charge on any atom is 0.416 e. The molecule has 0 saturated carbocycles. The summed E-state index contributed by atoms with van der Waals surface area (Å²) in [5.74, 6) is -0.557. The first-order valence-corrected chi connectivity index (χ1v) is 10.8. The Morgan fingerprint density at radius 2 is 1.87 bits per heavy atom. The fourth-order valence-corrected chi connectivity index (χ4v) is 3.98. The SMILES string of the molecule is Cc1[nH]c([C@@H](Nc2cccc(C(F)(F)F)c2)c2ccc(F)c(Cl)c2)nc1S(C)(=O)=O. The number of benzene rings is 2. The van der Waals surface area contributed by atoms with Crippen LogP contribution in [0.15, 0.2) is 47.5 Å². The summed E-state index contributed by atoms with van der Waals surface area (Å²) in [6, 6.07) is 7.33. The Morgan fingerprint density at radius 1 is 1.17 bits per heavy atom. The van der Waals surface area contributed by atoms with Gasteiger partial charge in [0.15, 0.2) is 14.9 Å². The van der Waals surface area contributed by atoms with Crippen LogP contribution < -0.4 is 5.32 Å². The Morgan fingerprint density at radius 3 is 2.43 bits per heavy atom. The van der Waals surface area contributed by atoms with Gasteiger partial charge in [0.2, 0.25) is 0 Å². The third kappa shape index (κ3) is 4.76. The number of imidazole rings is 1. The van der Waals surface area contributed by atoms with Gasteiger partial charge < -0.3 is 10.3 Å². The highest BCUT2D eigenvalue weighted by atomic mass is 35.5. The fraction of sp³-hybridized carbons (Fsp3) is 0.211. The normalized spacial score (nSPS) is 13.3. The highest BCUT2D eigenvalue weighted by Gasteiger charge is 2.31. The number of H-pyrrole nitrogens is 1. The largest absolute Gasteiger partial charge is 0.416 e. The van der Waals surface area contributed by atoms with E-state index in [-0.39, 0.29) is 27.3 Å². The van der Waals surface area contributed by atoms with Gasteiger partial charge in [-0.25, -0.2) is 17.8 Å². The summed E-state index contributed by atoms with van der Waals surface area (Å²) in [6.45, 7) is 1.51. The van der Waals surface area contributed by atoms with Crippen LogP contribution in [0.3, 0.4) is 0 Å². The molecule has 0 aliphatic heterocycles. The molecule has 0 spiro atoms. The molecule has 0 radical (unpaired) electrons. The van der Waals surface area contributed by atoms with E-state index in [0.29, 0.717) is 5.56 Å². The van der Waals surface area contributed by atoms with Crippen LogP contribution in [-0.4, -0.2) is 24.6 Å². The number of halogens is 5. The minimum atomic E-state index is -4.54. The molecular weight excluding hydrogens is 446 g/mol. The van der Waals surface area contributed by atoms with E-state index in [1.807, 2.05) is 0 Å². The Bertz CT molecular complexity index is 1190. The first-order chi connectivity index (χ1) is 13.9. The van der Waals surface area contributed by atoms with E-state index in [4.69, 9.17) is 11.6 Å². The second-order valence-electron chi connectivity index (χ2n) is 6.65. The number of aromatic nitrogens is 2. The quantitative estimate of drug-likeness (QED) is 0.516. The van der Waals surface area contributed by atoms with Gasteiger partial charge in [-0.1, -0.05) is 23.7 Å². The van der Waals surface area contributed by atoms with Crippen molar-refractivity contribution in [3.05, 3.63) is 75.9 Å². The maximum absolute atomic E-state index is 13.6. The molecule has 0 aliphatic carbocycles. The minimum Gasteiger partial charge on any atom is -0.372 e. The lowest BCUT2D eigenvalue weighted by Gasteiger charge is -2.20. The Balaban J connectivity index is 2.11. The third-order valence-electron chi connectivity index (χ3n) is 4.26. The molecule has 1 atom stereocenters. The average molecular weight is 462 g/mol. The summed E-state index contributed by atoms with van der Waals surface area (Å²) in [7, 11) is -3.65. The van der Waals surface area contributed by atoms with Gasteiger partial charge in [-0.2, -0.15) is 13.2 Å². The van der Waals surface area contributed by atoms with Gasteiger partial charge in [0.1, 0.15) is 17.7 Å². The molecule has 0 saturated heterocycles. The summed E-state index contributed by atoms with van der Waals surface area (Å²) < 4.78 is 76.7. The smallest absolute Gasteiger partial charge is 0.372 e. The number of hydrogen-bond donors (Lipinski definition) is 2. The van der Waals surface area contributed by atoms with Gasteiger partial charge in [-0.05, 0) is 42.8 Å².